The first-order valence-electron chi connectivity index (χ1n) is 10.5. The molecule has 3 aromatic rings. The Kier molecular flexibility index (Phi) is 4.94. The third-order valence-corrected chi connectivity index (χ3v) is 6.05. The normalized spacial score (nSPS) is 19.1. The summed E-state index contributed by atoms with van der Waals surface area (Å²) in [6, 6.07) is 18.9. The summed E-state index contributed by atoms with van der Waals surface area (Å²) < 4.78 is 11.1. The largest absolute Gasteiger partial charge is 0.467 e. The Bertz CT molecular complexity index is 1280. The van der Waals surface area contributed by atoms with Crippen LogP contribution in [0.2, 0.25) is 0 Å². The highest BCUT2D eigenvalue weighted by atomic mass is 16.5. The van der Waals surface area contributed by atoms with Gasteiger partial charge in [-0.05, 0) is 42.0 Å². The number of para-hydroxylation sites is 1. The Morgan fingerprint density at radius 1 is 1.09 bits per heavy atom. The Morgan fingerprint density at radius 2 is 1.88 bits per heavy atom. The van der Waals surface area contributed by atoms with E-state index in [9.17, 15) is 14.4 Å². The molecule has 0 aliphatic carbocycles. The van der Waals surface area contributed by atoms with Gasteiger partial charge in [-0.25, -0.2) is 4.79 Å². The van der Waals surface area contributed by atoms with Crippen LogP contribution in [0.3, 0.4) is 0 Å². The quantitative estimate of drug-likeness (QED) is 0.563. The highest BCUT2D eigenvalue weighted by Crippen LogP contribution is 2.45. The number of hydrogen-bond donors (Lipinski definition) is 0. The van der Waals surface area contributed by atoms with Gasteiger partial charge in [0.1, 0.15) is 12.4 Å². The Hall–Kier alpha value is -4.38. The molecule has 3 heterocycles. The Morgan fingerprint density at radius 3 is 2.61 bits per heavy atom. The van der Waals surface area contributed by atoms with Crippen LogP contribution in [-0.4, -0.2) is 28.3 Å². The number of rotatable bonds is 5. The van der Waals surface area contributed by atoms with Gasteiger partial charge in [-0.1, -0.05) is 24.3 Å². The first-order chi connectivity index (χ1) is 16.0. The molecule has 1 saturated heterocycles. The molecule has 2 amide bonds. The van der Waals surface area contributed by atoms with Crippen molar-refractivity contribution in [3.05, 3.63) is 89.4 Å². The van der Waals surface area contributed by atoms with Crippen molar-refractivity contribution in [2.45, 2.75) is 31.7 Å². The van der Waals surface area contributed by atoms with E-state index in [-0.39, 0.29) is 37.8 Å². The van der Waals surface area contributed by atoms with Crippen LogP contribution in [0.1, 0.15) is 40.1 Å². The molecule has 33 heavy (non-hydrogen) atoms. The number of fused-ring (bicyclic) bond motifs is 3. The van der Waals surface area contributed by atoms with Gasteiger partial charge >= 0.3 is 5.97 Å². The zero-order chi connectivity index (χ0) is 23.0. The summed E-state index contributed by atoms with van der Waals surface area (Å²) in [6.07, 6.45) is 1.70. The number of esters is 1. The molecule has 8 heteroatoms. The third-order valence-electron chi connectivity index (χ3n) is 6.05. The van der Waals surface area contributed by atoms with E-state index in [0.29, 0.717) is 28.1 Å². The SMILES string of the molecule is N#Cc1ccc(COC(=O)C23CCC(=O)N2c2ccccc2C(=O)N3Cc2ccco2)cc1. The fraction of sp³-hybridized carbons (Fsp3) is 0.200. The summed E-state index contributed by atoms with van der Waals surface area (Å²) >= 11 is 0. The van der Waals surface area contributed by atoms with Gasteiger partial charge in [-0.3, -0.25) is 19.4 Å². The van der Waals surface area contributed by atoms with E-state index in [2.05, 4.69) is 0 Å². The summed E-state index contributed by atoms with van der Waals surface area (Å²) in [5, 5.41) is 8.97. The molecule has 0 N–H and O–H groups in total. The lowest BCUT2D eigenvalue weighted by molar-refractivity contribution is -0.159. The van der Waals surface area contributed by atoms with Crippen molar-refractivity contribution in [2.24, 2.45) is 0 Å². The van der Waals surface area contributed by atoms with Crippen molar-refractivity contribution >= 4 is 23.5 Å². The molecular formula is C25H19N3O5. The predicted octanol–water partition coefficient (Wildman–Crippen LogP) is 3.37. The van der Waals surface area contributed by atoms with Crippen LogP contribution in [0.5, 0.6) is 0 Å². The van der Waals surface area contributed by atoms with Crippen molar-refractivity contribution in [3.8, 4) is 6.07 Å². The minimum atomic E-state index is -1.61. The molecule has 0 saturated carbocycles. The van der Waals surface area contributed by atoms with Crippen LogP contribution in [0.4, 0.5) is 5.69 Å². The molecule has 1 fully saturated rings. The number of carbonyl (C=O) groups excluding carboxylic acids is 3. The lowest BCUT2D eigenvalue weighted by Crippen LogP contribution is -2.68. The number of ether oxygens (including phenoxy) is 1. The summed E-state index contributed by atoms with van der Waals surface area (Å²) in [6.45, 7) is -0.0470. The van der Waals surface area contributed by atoms with Crippen LogP contribution in [0.25, 0.3) is 0 Å². The fourth-order valence-electron chi connectivity index (χ4n) is 4.47. The second kappa shape index (κ2) is 7.95. The average Bonchev–Trinajstić information content (AvgIpc) is 3.49. The molecule has 2 aliphatic rings. The highest BCUT2D eigenvalue weighted by molar-refractivity contribution is 6.15. The first kappa shape index (κ1) is 20.5. The molecular weight excluding hydrogens is 422 g/mol. The average molecular weight is 441 g/mol. The van der Waals surface area contributed by atoms with Crippen molar-refractivity contribution in [1.29, 1.82) is 5.26 Å². The van der Waals surface area contributed by atoms with Crippen molar-refractivity contribution in [1.82, 2.24) is 4.90 Å². The molecule has 1 atom stereocenters. The lowest BCUT2D eigenvalue weighted by atomic mass is 9.96. The molecule has 1 aromatic heterocycles. The van der Waals surface area contributed by atoms with Gasteiger partial charge in [0.15, 0.2) is 0 Å². The smallest absolute Gasteiger partial charge is 0.354 e. The van der Waals surface area contributed by atoms with Gasteiger partial charge in [0.2, 0.25) is 11.6 Å². The van der Waals surface area contributed by atoms with E-state index in [1.54, 1.807) is 60.7 Å². The highest BCUT2D eigenvalue weighted by Gasteiger charge is 2.62. The van der Waals surface area contributed by atoms with Crippen LogP contribution < -0.4 is 4.90 Å². The van der Waals surface area contributed by atoms with Gasteiger partial charge < -0.3 is 9.15 Å². The van der Waals surface area contributed by atoms with Gasteiger partial charge in [0.05, 0.1) is 35.7 Å². The standard InChI is InChI=1S/C25H19N3O5/c26-14-17-7-9-18(10-8-17)16-33-24(31)25-12-11-22(29)28(25)21-6-2-1-5-20(21)23(30)27(25)15-19-4-3-13-32-19/h1-10,13H,11-12,15-16H2. The summed E-state index contributed by atoms with van der Waals surface area (Å²) in [4.78, 5) is 43.0. The third kappa shape index (κ3) is 3.26. The summed E-state index contributed by atoms with van der Waals surface area (Å²) in [5.74, 6) is -0.827. The van der Waals surface area contributed by atoms with Crippen molar-refractivity contribution in [3.63, 3.8) is 0 Å². The predicted molar refractivity (Wildman–Crippen MR) is 115 cm³/mol. The number of anilines is 1. The maximum atomic E-state index is 13.6. The molecule has 2 aromatic carbocycles. The van der Waals surface area contributed by atoms with Gasteiger partial charge in [0, 0.05) is 12.8 Å². The molecule has 0 bridgehead atoms. The number of nitrogens with zero attached hydrogens (tertiary/aromatic N) is 3. The van der Waals surface area contributed by atoms with Crippen LogP contribution in [-0.2, 0) is 27.5 Å². The molecule has 0 radical (unpaired) electrons. The van der Waals surface area contributed by atoms with E-state index in [1.807, 2.05) is 6.07 Å². The van der Waals surface area contributed by atoms with Crippen molar-refractivity contribution < 1.29 is 23.5 Å². The molecule has 5 rings (SSSR count). The Balaban J connectivity index is 1.54. The maximum absolute atomic E-state index is 13.6. The summed E-state index contributed by atoms with van der Waals surface area (Å²) in [5.41, 5.74) is 0.318. The molecule has 0 spiro atoms. The number of amides is 2. The fourth-order valence-corrected chi connectivity index (χ4v) is 4.47. The number of carbonyl (C=O) groups is 3. The topological polar surface area (TPSA) is 104 Å². The minimum Gasteiger partial charge on any atom is -0.467 e. The number of hydrogen-bond acceptors (Lipinski definition) is 6. The number of benzene rings is 2. The minimum absolute atomic E-state index is 0.00984. The van der Waals surface area contributed by atoms with Crippen LogP contribution in [0, 0.1) is 11.3 Å². The monoisotopic (exact) mass is 441 g/mol. The van der Waals surface area contributed by atoms with Gasteiger partial charge in [0.25, 0.3) is 5.91 Å². The second-order valence-electron chi connectivity index (χ2n) is 7.92. The molecule has 1 unspecified atom stereocenters. The number of nitriles is 1. The van der Waals surface area contributed by atoms with Gasteiger partial charge in [-0.15, -0.1) is 0 Å². The molecule has 164 valence electrons. The van der Waals surface area contributed by atoms with E-state index >= 15 is 0 Å². The lowest BCUT2D eigenvalue weighted by Gasteiger charge is -2.48. The second-order valence-corrected chi connectivity index (χ2v) is 7.92. The Labute approximate surface area is 189 Å². The zero-order valence-corrected chi connectivity index (χ0v) is 17.6. The number of furan rings is 1. The van der Waals surface area contributed by atoms with E-state index in [4.69, 9.17) is 14.4 Å². The van der Waals surface area contributed by atoms with Crippen molar-refractivity contribution in [2.75, 3.05) is 4.90 Å². The van der Waals surface area contributed by atoms with Gasteiger partial charge in [-0.2, -0.15) is 5.26 Å². The van der Waals surface area contributed by atoms with E-state index < -0.39 is 11.6 Å². The zero-order valence-electron chi connectivity index (χ0n) is 17.6. The molecule has 8 nitrogen and oxygen atoms in total. The molecule has 2 aliphatic heterocycles. The van der Waals surface area contributed by atoms with E-state index in [0.717, 1.165) is 0 Å². The van der Waals surface area contributed by atoms with Crippen LogP contribution in [0.15, 0.2) is 71.3 Å². The van der Waals surface area contributed by atoms with Crippen LogP contribution >= 0.6 is 0 Å². The summed E-state index contributed by atoms with van der Waals surface area (Å²) in [7, 11) is 0. The first-order valence-corrected chi connectivity index (χ1v) is 10.5. The maximum Gasteiger partial charge on any atom is 0.354 e. The van der Waals surface area contributed by atoms with E-state index in [1.165, 1.54) is 16.1 Å².